The molecule has 4 nitrogen and oxygen atoms in total. The lowest BCUT2D eigenvalue weighted by Gasteiger charge is -2.11. The van der Waals surface area contributed by atoms with Crippen molar-refractivity contribution in [2.24, 2.45) is 16.5 Å². The van der Waals surface area contributed by atoms with Gasteiger partial charge in [-0.05, 0) is 63.2 Å². The van der Waals surface area contributed by atoms with E-state index in [-0.39, 0.29) is 0 Å². The Bertz CT molecular complexity index is 2040. The molecule has 0 aliphatic heterocycles. The predicted octanol–water partition coefficient (Wildman–Crippen LogP) is 8.95. The van der Waals surface area contributed by atoms with Crippen molar-refractivity contribution in [1.29, 1.82) is 0 Å². The minimum absolute atomic E-state index is 0.411. The van der Waals surface area contributed by atoms with Crippen LogP contribution in [0.2, 0.25) is 0 Å². The van der Waals surface area contributed by atoms with Crippen LogP contribution in [-0.2, 0) is 0 Å². The lowest BCUT2D eigenvalue weighted by atomic mass is 9.97. The molecule has 6 aromatic carbocycles. The highest BCUT2D eigenvalue weighted by molar-refractivity contribution is 6.06. The maximum atomic E-state index is 6.40. The summed E-state index contributed by atoms with van der Waals surface area (Å²) in [7, 11) is 0. The summed E-state index contributed by atoms with van der Waals surface area (Å²) in [6, 6.07) is 49.6. The zero-order valence-electron chi connectivity index (χ0n) is 22.9. The highest BCUT2D eigenvalue weighted by Crippen LogP contribution is 2.33. The van der Waals surface area contributed by atoms with Gasteiger partial charge in [-0.3, -0.25) is 0 Å². The van der Waals surface area contributed by atoms with Crippen molar-refractivity contribution in [3.8, 4) is 33.4 Å². The fraction of sp³-hybridized carbons (Fsp3) is 0.0263. The predicted molar refractivity (Wildman–Crippen MR) is 174 cm³/mol. The number of rotatable bonds is 6. The lowest BCUT2D eigenvalue weighted by Crippen LogP contribution is -2.18. The largest absolute Gasteiger partial charge is 0.456 e. The van der Waals surface area contributed by atoms with E-state index >= 15 is 0 Å². The van der Waals surface area contributed by atoms with E-state index in [9.17, 15) is 0 Å². The third kappa shape index (κ3) is 4.96. The van der Waals surface area contributed by atoms with Crippen LogP contribution in [0.25, 0.3) is 55.3 Å². The Labute approximate surface area is 244 Å². The monoisotopic (exact) mass is 543 g/mol. The summed E-state index contributed by atoms with van der Waals surface area (Å²) in [5.41, 5.74) is 23.1. The van der Waals surface area contributed by atoms with E-state index in [0.29, 0.717) is 5.84 Å². The van der Waals surface area contributed by atoms with Crippen LogP contribution in [0.5, 0.6) is 0 Å². The van der Waals surface area contributed by atoms with E-state index in [1.165, 1.54) is 5.56 Å². The van der Waals surface area contributed by atoms with Crippen LogP contribution in [0.15, 0.2) is 155 Å². The molecular formula is C38H29N3O. The summed E-state index contributed by atoms with van der Waals surface area (Å²) in [5.74, 6) is 0.411. The van der Waals surface area contributed by atoms with Crippen LogP contribution < -0.4 is 11.5 Å². The number of aliphatic imine (C=N–C) groups is 1. The van der Waals surface area contributed by atoms with Gasteiger partial charge in [0.15, 0.2) is 0 Å². The first-order valence-corrected chi connectivity index (χ1v) is 14.0. The quantitative estimate of drug-likeness (QED) is 0.162. The molecule has 0 aliphatic carbocycles. The molecule has 1 unspecified atom stereocenters. The standard InChI is InChI=1S/C38H29N3O/c39-37(28-17-13-26(14-18-28)25-7-2-1-3-8-25)41-38(40)29-19-15-27(16-20-29)30-9-6-10-31(23-30)32-21-22-34-33-11-4-5-12-35(33)42-36(34)24-32/h1-24,37H,39H2,(H2,40,41). The van der Waals surface area contributed by atoms with Crippen molar-refractivity contribution in [2.75, 3.05) is 0 Å². The van der Waals surface area contributed by atoms with Crippen molar-refractivity contribution in [3.05, 3.63) is 157 Å². The number of amidine groups is 1. The Morgan fingerprint density at radius 1 is 0.500 bits per heavy atom. The Kier molecular flexibility index (Phi) is 6.59. The van der Waals surface area contributed by atoms with Gasteiger partial charge < -0.3 is 15.9 Å². The molecule has 0 bridgehead atoms. The maximum Gasteiger partial charge on any atom is 0.136 e. The fourth-order valence-electron chi connectivity index (χ4n) is 5.42. The van der Waals surface area contributed by atoms with Gasteiger partial charge in [0.25, 0.3) is 0 Å². The first-order valence-electron chi connectivity index (χ1n) is 14.0. The Hall–Kier alpha value is -5.45. The van der Waals surface area contributed by atoms with Crippen LogP contribution in [0.1, 0.15) is 17.3 Å². The Balaban J connectivity index is 1.09. The van der Waals surface area contributed by atoms with E-state index in [4.69, 9.17) is 15.9 Å². The molecule has 7 aromatic rings. The number of hydrogen-bond acceptors (Lipinski definition) is 3. The van der Waals surface area contributed by atoms with E-state index in [1.807, 2.05) is 60.7 Å². The molecule has 1 aromatic heterocycles. The molecule has 0 aliphatic rings. The minimum Gasteiger partial charge on any atom is -0.456 e. The smallest absolute Gasteiger partial charge is 0.136 e. The molecule has 0 radical (unpaired) electrons. The molecular weight excluding hydrogens is 514 g/mol. The molecule has 1 atom stereocenters. The van der Waals surface area contributed by atoms with Crippen molar-refractivity contribution in [1.82, 2.24) is 0 Å². The van der Waals surface area contributed by atoms with E-state index in [1.54, 1.807) is 0 Å². The summed E-state index contributed by atoms with van der Waals surface area (Å²) in [6.07, 6.45) is -0.546. The van der Waals surface area contributed by atoms with Crippen molar-refractivity contribution in [2.45, 2.75) is 6.17 Å². The van der Waals surface area contributed by atoms with E-state index < -0.39 is 6.17 Å². The van der Waals surface area contributed by atoms with Crippen LogP contribution in [-0.4, -0.2) is 5.84 Å². The summed E-state index contributed by atoms with van der Waals surface area (Å²) in [4.78, 5) is 4.58. The summed E-state index contributed by atoms with van der Waals surface area (Å²) >= 11 is 0. The average molecular weight is 544 g/mol. The van der Waals surface area contributed by atoms with Gasteiger partial charge in [0.05, 0.1) is 0 Å². The molecule has 4 N–H and O–H groups in total. The minimum atomic E-state index is -0.546. The summed E-state index contributed by atoms with van der Waals surface area (Å²) < 4.78 is 6.11. The summed E-state index contributed by atoms with van der Waals surface area (Å²) in [6.45, 7) is 0. The van der Waals surface area contributed by atoms with Gasteiger partial charge in [-0.15, -0.1) is 0 Å². The Morgan fingerprint density at radius 3 is 1.83 bits per heavy atom. The summed E-state index contributed by atoms with van der Waals surface area (Å²) in [5, 5.41) is 2.27. The fourth-order valence-corrected chi connectivity index (χ4v) is 5.42. The topological polar surface area (TPSA) is 77.5 Å². The molecule has 0 spiro atoms. The average Bonchev–Trinajstić information content (AvgIpc) is 3.43. The first kappa shape index (κ1) is 25.5. The lowest BCUT2D eigenvalue weighted by molar-refractivity contribution is 0.669. The zero-order chi connectivity index (χ0) is 28.5. The first-order chi connectivity index (χ1) is 20.6. The maximum absolute atomic E-state index is 6.40. The number of fused-ring (bicyclic) bond motifs is 3. The highest BCUT2D eigenvalue weighted by atomic mass is 16.3. The number of para-hydroxylation sites is 1. The molecule has 0 amide bonds. The van der Waals surface area contributed by atoms with E-state index in [0.717, 1.165) is 60.9 Å². The van der Waals surface area contributed by atoms with Gasteiger partial charge >= 0.3 is 0 Å². The number of benzene rings is 6. The van der Waals surface area contributed by atoms with Gasteiger partial charge in [-0.25, -0.2) is 4.99 Å². The molecule has 1 heterocycles. The Morgan fingerprint density at radius 2 is 1.05 bits per heavy atom. The van der Waals surface area contributed by atoms with Crippen LogP contribution >= 0.6 is 0 Å². The van der Waals surface area contributed by atoms with Crippen molar-refractivity contribution in [3.63, 3.8) is 0 Å². The molecule has 202 valence electrons. The molecule has 42 heavy (non-hydrogen) atoms. The van der Waals surface area contributed by atoms with Gasteiger partial charge in [-0.1, -0.05) is 121 Å². The molecule has 0 saturated heterocycles. The van der Waals surface area contributed by atoms with Crippen LogP contribution in [0.3, 0.4) is 0 Å². The van der Waals surface area contributed by atoms with Crippen molar-refractivity contribution >= 4 is 27.8 Å². The van der Waals surface area contributed by atoms with Gasteiger partial charge in [0, 0.05) is 16.3 Å². The normalized spacial score (nSPS) is 12.5. The zero-order valence-corrected chi connectivity index (χ0v) is 22.9. The van der Waals surface area contributed by atoms with Crippen LogP contribution in [0, 0.1) is 0 Å². The third-order valence-corrected chi connectivity index (χ3v) is 7.73. The number of nitrogens with zero attached hydrogens (tertiary/aromatic N) is 1. The second-order valence-electron chi connectivity index (χ2n) is 10.4. The van der Waals surface area contributed by atoms with Gasteiger partial charge in [0.2, 0.25) is 0 Å². The van der Waals surface area contributed by atoms with Crippen LogP contribution in [0.4, 0.5) is 0 Å². The third-order valence-electron chi connectivity index (χ3n) is 7.73. The SMILES string of the molecule is N/C(=N\C(N)c1ccc(-c2ccccc2)cc1)c1ccc(-c2cccc(-c3ccc4c(c3)oc3ccccc34)c2)cc1. The second-order valence-corrected chi connectivity index (χ2v) is 10.4. The molecule has 0 saturated carbocycles. The number of hydrogen-bond donors (Lipinski definition) is 2. The second kappa shape index (κ2) is 10.8. The van der Waals surface area contributed by atoms with Gasteiger partial charge in [0.1, 0.15) is 23.2 Å². The molecule has 4 heteroatoms. The van der Waals surface area contributed by atoms with Crippen molar-refractivity contribution < 1.29 is 4.42 Å². The number of nitrogens with two attached hydrogens (primary N) is 2. The highest BCUT2D eigenvalue weighted by Gasteiger charge is 2.10. The molecule has 0 fully saturated rings. The van der Waals surface area contributed by atoms with E-state index in [2.05, 4.69) is 89.9 Å². The molecule has 7 rings (SSSR count). The van der Waals surface area contributed by atoms with Gasteiger partial charge in [-0.2, -0.15) is 0 Å². The number of furan rings is 1.